The minimum Gasteiger partial charge on any atom is -0.377 e. The van der Waals surface area contributed by atoms with Gasteiger partial charge in [0.2, 0.25) is 0 Å². The van der Waals surface area contributed by atoms with Crippen molar-refractivity contribution < 1.29 is 26.9 Å². The molecule has 25 heavy (non-hydrogen) atoms. The van der Waals surface area contributed by atoms with Crippen LogP contribution in [0.25, 0.3) is 0 Å². The Hall–Kier alpha value is -1.15. The summed E-state index contributed by atoms with van der Waals surface area (Å²) in [7, 11) is 0. The molecule has 0 radical (unpaired) electrons. The number of hydrogen-bond acceptors (Lipinski definition) is 4. The molecule has 0 saturated heterocycles. The van der Waals surface area contributed by atoms with E-state index >= 15 is 0 Å². The zero-order chi connectivity index (χ0) is 22.3. The zero-order valence-corrected chi connectivity index (χ0v) is 14.4. The van der Waals surface area contributed by atoms with Crippen LogP contribution >= 0.6 is 0 Å². The molecule has 2 N–H and O–H groups in total. The highest BCUT2D eigenvalue weighted by Gasteiger charge is 2.66. The average Bonchev–Trinajstić information content (AvgIpc) is 2.83. The number of ketones is 1. The summed E-state index contributed by atoms with van der Waals surface area (Å²) in [5, 5.41) is 21.3. The Labute approximate surface area is 156 Å². The smallest absolute Gasteiger partial charge is 0.155 e. The van der Waals surface area contributed by atoms with E-state index in [1.54, 1.807) is 6.92 Å². The third-order valence-electron chi connectivity index (χ3n) is 7.62. The van der Waals surface area contributed by atoms with Gasteiger partial charge in [0.05, 0.1) is 0 Å². The van der Waals surface area contributed by atoms with Crippen molar-refractivity contribution in [3.8, 4) is 12.3 Å². The summed E-state index contributed by atoms with van der Waals surface area (Å²) in [5.74, 6) is -0.0866. The first-order chi connectivity index (χ1) is 13.8. The number of carbonyl (C=O) groups is 1. The van der Waals surface area contributed by atoms with Gasteiger partial charge in [-0.2, -0.15) is 0 Å². The van der Waals surface area contributed by atoms with Gasteiger partial charge in [-0.25, -0.2) is 4.89 Å². The maximum atomic E-state index is 12.1. The Morgan fingerprint density at radius 3 is 2.92 bits per heavy atom. The van der Waals surface area contributed by atoms with Crippen molar-refractivity contribution in [3.05, 3.63) is 11.6 Å². The van der Waals surface area contributed by atoms with Crippen LogP contribution in [-0.4, -0.2) is 27.3 Å². The van der Waals surface area contributed by atoms with Crippen molar-refractivity contribution in [2.24, 2.45) is 29.1 Å². The average molecular weight is 349 g/mol. The molecule has 0 aromatic carbocycles. The van der Waals surface area contributed by atoms with Crippen LogP contribution in [0.2, 0.25) is 0 Å². The lowest BCUT2D eigenvalue weighted by molar-refractivity contribution is -0.344. The number of hydrogen-bond donors (Lipinski definition) is 2. The summed E-state index contributed by atoms with van der Waals surface area (Å²) in [6.45, 7) is -0.592. The van der Waals surface area contributed by atoms with E-state index in [1.807, 2.05) is 0 Å². The first-order valence-electron chi connectivity index (χ1n) is 11.5. The summed E-state index contributed by atoms with van der Waals surface area (Å²) in [5.41, 5.74) is -3.65. The van der Waals surface area contributed by atoms with E-state index in [0.29, 0.717) is 18.4 Å². The Kier molecular flexibility index (Phi) is 2.66. The number of aliphatic hydroxyl groups is 1. The Morgan fingerprint density at radius 1 is 1.44 bits per heavy atom. The monoisotopic (exact) mass is 349 g/mol. The van der Waals surface area contributed by atoms with E-state index in [2.05, 4.69) is 5.92 Å². The minimum atomic E-state index is -2.35. The standard InChI is InChI=1S/C21H28O4/c1-4-20(23)9-7-16-18-13(2)11-14-12-15(22)5-10-21(14,25-24)17(18)6-8-19(16,20)3/h1,12-13,16-18,23-24H,5-11H2,2-3H3/t13?,16?,17?,18?,19-,20-,21+/m0/s1/i2D3,9D2. The molecule has 136 valence electrons. The van der Waals surface area contributed by atoms with Crippen LogP contribution in [0.4, 0.5) is 0 Å². The van der Waals surface area contributed by atoms with Crippen LogP contribution in [0.5, 0.6) is 0 Å². The van der Waals surface area contributed by atoms with Gasteiger partial charge in [0.25, 0.3) is 0 Å². The summed E-state index contributed by atoms with van der Waals surface area (Å²) in [6.07, 6.45) is 6.24. The molecule has 4 heteroatoms. The third kappa shape index (κ3) is 2.04. The van der Waals surface area contributed by atoms with Gasteiger partial charge in [-0.3, -0.25) is 10.1 Å². The molecule has 7 atom stereocenters. The number of fused-ring (bicyclic) bond motifs is 5. The first kappa shape index (κ1) is 12.3. The summed E-state index contributed by atoms with van der Waals surface area (Å²) < 4.78 is 41.6. The van der Waals surface area contributed by atoms with Gasteiger partial charge in [-0.1, -0.05) is 19.7 Å². The maximum Gasteiger partial charge on any atom is 0.155 e. The Balaban J connectivity index is 1.89. The van der Waals surface area contributed by atoms with Gasteiger partial charge in [0.1, 0.15) is 11.2 Å². The topological polar surface area (TPSA) is 66.8 Å². The molecule has 0 amide bonds. The van der Waals surface area contributed by atoms with Crippen molar-refractivity contribution in [3.63, 3.8) is 0 Å². The zero-order valence-electron chi connectivity index (χ0n) is 19.4. The van der Waals surface area contributed by atoms with Crippen LogP contribution in [-0.2, 0) is 9.68 Å². The predicted octanol–water partition coefficient (Wildman–Crippen LogP) is 3.35. The van der Waals surface area contributed by atoms with Crippen molar-refractivity contribution in [1.82, 2.24) is 0 Å². The Bertz CT molecular complexity index is 845. The lowest BCUT2D eigenvalue weighted by atomic mass is 9.47. The molecular formula is C21H28O4. The molecule has 0 heterocycles. The van der Waals surface area contributed by atoms with Gasteiger partial charge >= 0.3 is 0 Å². The van der Waals surface area contributed by atoms with Crippen molar-refractivity contribution >= 4 is 5.78 Å². The second kappa shape index (κ2) is 5.42. The third-order valence-corrected chi connectivity index (χ3v) is 7.62. The van der Waals surface area contributed by atoms with Crippen molar-refractivity contribution in [1.29, 1.82) is 0 Å². The highest BCUT2D eigenvalue weighted by Crippen LogP contribution is 2.67. The highest BCUT2D eigenvalue weighted by molar-refractivity contribution is 5.92. The van der Waals surface area contributed by atoms with Crippen molar-refractivity contribution in [2.75, 3.05) is 0 Å². The number of terminal acetylenes is 1. The molecule has 0 bridgehead atoms. The fourth-order valence-electron chi connectivity index (χ4n) is 6.19. The fraction of sp³-hybridized carbons (Fsp3) is 0.762. The van der Waals surface area contributed by atoms with Crippen LogP contribution in [0.3, 0.4) is 0 Å². The summed E-state index contributed by atoms with van der Waals surface area (Å²) >= 11 is 0. The lowest BCUT2D eigenvalue weighted by Crippen LogP contribution is -2.60. The second-order valence-electron chi connectivity index (χ2n) is 8.41. The van der Waals surface area contributed by atoms with Gasteiger partial charge in [-0.05, 0) is 73.8 Å². The van der Waals surface area contributed by atoms with Gasteiger partial charge in [-0.15, -0.1) is 6.42 Å². The lowest BCUT2D eigenvalue weighted by Gasteiger charge is -2.59. The molecule has 4 aliphatic rings. The van der Waals surface area contributed by atoms with Gasteiger partial charge in [0, 0.05) is 18.7 Å². The van der Waals surface area contributed by atoms with Crippen LogP contribution in [0.15, 0.2) is 11.6 Å². The van der Waals surface area contributed by atoms with Crippen LogP contribution in [0.1, 0.15) is 65.5 Å². The Morgan fingerprint density at radius 2 is 2.24 bits per heavy atom. The minimum absolute atomic E-state index is 0.0581. The molecule has 0 aromatic rings. The molecule has 3 fully saturated rings. The molecule has 4 nitrogen and oxygen atoms in total. The molecule has 0 aliphatic heterocycles. The predicted molar refractivity (Wildman–Crippen MR) is 93.4 cm³/mol. The quantitative estimate of drug-likeness (QED) is 0.433. The SMILES string of the molecule is [2H]C([2H])([2H])C1CC2=CC(=O)CC[C@]2(OO)C2CC[C@@]3(C)C(CC([2H])([2H])[C@@]3(O)C#C)C12. The molecule has 0 spiro atoms. The molecule has 4 unspecified atom stereocenters. The highest BCUT2D eigenvalue weighted by atomic mass is 17.1. The maximum absolute atomic E-state index is 12.1. The fourth-order valence-corrected chi connectivity index (χ4v) is 6.19. The number of rotatable bonds is 1. The first-order valence-corrected chi connectivity index (χ1v) is 9.04. The van der Waals surface area contributed by atoms with E-state index in [-0.39, 0.29) is 31.5 Å². The van der Waals surface area contributed by atoms with E-state index in [1.165, 1.54) is 6.08 Å². The second-order valence-corrected chi connectivity index (χ2v) is 8.41. The molecule has 4 aliphatic carbocycles. The number of carbonyl (C=O) groups excluding carboxylic acids is 1. The molecular weight excluding hydrogens is 316 g/mol. The van der Waals surface area contributed by atoms with E-state index in [0.717, 1.165) is 0 Å². The molecule has 4 rings (SSSR count). The summed E-state index contributed by atoms with van der Waals surface area (Å²) in [4.78, 5) is 17.1. The van der Waals surface area contributed by atoms with E-state index in [9.17, 15) is 15.2 Å². The van der Waals surface area contributed by atoms with E-state index < -0.39 is 53.5 Å². The van der Waals surface area contributed by atoms with Gasteiger partial charge < -0.3 is 5.11 Å². The van der Waals surface area contributed by atoms with Gasteiger partial charge in [0.15, 0.2) is 5.78 Å². The summed E-state index contributed by atoms with van der Waals surface area (Å²) in [6, 6.07) is 0. The van der Waals surface area contributed by atoms with E-state index in [4.69, 9.17) is 18.2 Å². The molecule has 0 aromatic heterocycles. The van der Waals surface area contributed by atoms with Crippen LogP contribution < -0.4 is 0 Å². The largest absolute Gasteiger partial charge is 0.377 e. The van der Waals surface area contributed by atoms with Crippen LogP contribution in [0, 0.1) is 41.4 Å². The molecule has 3 saturated carbocycles. The normalized spacial score (nSPS) is 57.3. The van der Waals surface area contributed by atoms with Crippen molar-refractivity contribution in [2.45, 2.75) is 69.9 Å².